The molecule has 0 saturated carbocycles. The molecule has 0 aromatic heterocycles. The molecule has 0 aromatic rings. The largest absolute Gasteiger partial charge is 0.268 e. The highest BCUT2D eigenvalue weighted by Crippen LogP contribution is 1.71. The van der Waals surface area contributed by atoms with Gasteiger partial charge in [0.1, 0.15) is 6.34 Å². The van der Waals surface area contributed by atoms with Gasteiger partial charge in [0.25, 0.3) is 0 Å². The molecule has 5 heavy (non-hydrogen) atoms. The van der Waals surface area contributed by atoms with Gasteiger partial charge in [0, 0.05) is 6.21 Å². The third kappa shape index (κ3) is 0.318. The quantitative estimate of drug-likeness (QED) is 0.384. The van der Waals surface area contributed by atoms with Gasteiger partial charge in [-0.3, -0.25) is 4.99 Å². The van der Waals surface area contributed by atoms with Crippen LogP contribution < -0.4 is 0 Å². The lowest BCUT2D eigenvalue weighted by Gasteiger charge is -1.56. The molecular formula is C3H4N2. The van der Waals surface area contributed by atoms with Crippen LogP contribution in [0.15, 0.2) is 9.98 Å². The zero-order valence-electron chi connectivity index (χ0n) is 2.76. The number of nitrogens with zero attached hydrogens (tertiary/aromatic N) is 2. The Morgan fingerprint density at radius 2 is 2.60 bits per heavy atom. The van der Waals surface area contributed by atoms with E-state index in [1.54, 1.807) is 12.6 Å². The van der Waals surface area contributed by atoms with Crippen LogP contribution in [0.5, 0.6) is 0 Å². The van der Waals surface area contributed by atoms with Crippen LogP contribution in [0.25, 0.3) is 0 Å². The first-order valence-electron chi connectivity index (χ1n) is 1.50. The fourth-order valence-corrected chi connectivity index (χ4v) is 0.236. The summed E-state index contributed by atoms with van der Waals surface area (Å²) in [7, 11) is 0. The standard InChI is InChI=1S/C3H4N2/c1-2-5-3-4-1/h1,3H,2H2. The molecular weight excluding hydrogens is 64.0 g/mol. The minimum Gasteiger partial charge on any atom is -0.268 e. The van der Waals surface area contributed by atoms with Gasteiger partial charge < -0.3 is 0 Å². The Labute approximate surface area is 30.3 Å². The monoisotopic (exact) mass is 68.0 g/mol. The van der Waals surface area contributed by atoms with Crippen LogP contribution in [0.3, 0.4) is 0 Å². The maximum absolute atomic E-state index is 3.74. The van der Waals surface area contributed by atoms with Crippen molar-refractivity contribution in [3.05, 3.63) is 0 Å². The van der Waals surface area contributed by atoms with E-state index in [0.29, 0.717) is 0 Å². The molecule has 0 saturated heterocycles. The summed E-state index contributed by atoms with van der Waals surface area (Å²) in [6.45, 7) is 0.778. The van der Waals surface area contributed by atoms with E-state index in [2.05, 4.69) is 9.98 Å². The summed E-state index contributed by atoms with van der Waals surface area (Å²) in [5, 5.41) is 0. The van der Waals surface area contributed by atoms with Crippen LogP contribution in [0.1, 0.15) is 0 Å². The van der Waals surface area contributed by atoms with Crippen LogP contribution in [0, 0.1) is 0 Å². The molecule has 0 unspecified atom stereocenters. The molecule has 1 aliphatic rings. The second-order valence-electron chi connectivity index (χ2n) is 0.812. The summed E-state index contributed by atoms with van der Waals surface area (Å²) >= 11 is 0. The van der Waals surface area contributed by atoms with Crippen molar-refractivity contribution in [1.29, 1.82) is 0 Å². The zero-order chi connectivity index (χ0) is 3.54. The smallest absolute Gasteiger partial charge is 0.109 e. The fourth-order valence-electron chi connectivity index (χ4n) is 0.236. The van der Waals surface area contributed by atoms with E-state index in [1.165, 1.54) is 0 Å². The van der Waals surface area contributed by atoms with Gasteiger partial charge in [0.15, 0.2) is 0 Å². The van der Waals surface area contributed by atoms with Crippen molar-refractivity contribution in [3.63, 3.8) is 0 Å². The first-order valence-corrected chi connectivity index (χ1v) is 1.50. The predicted octanol–water partition coefficient (Wildman–Crippen LogP) is 0.0991. The van der Waals surface area contributed by atoms with Crippen LogP contribution >= 0.6 is 0 Å². The zero-order valence-corrected chi connectivity index (χ0v) is 2.76. The van der Waals surface area contributed by atoms with Gasteiger partial charge in [-0.2, -0.15) is 0 Å². The van der Waals surface area contributed by atoms with Gasteiger partial charge in [0.2, 0.25) is 0 Å². The van der Waals surface area contributed by atoms with Gasteiger partial charge in [0.05, 0.1) is 6.54 Å². The van der Waals surface area contributed by atoms with E-state index in [9.17, 15) is 0 Å². The van der Waals surface area contributed by atoms with E-state index in [0.717, 1.165) is 6.54 Å². The molecule has 0 atom stereocenters. The maximum Gasteiger partial charge on any atom is 0.109 e. The van der Waals surface area contributed by atoms with Gasteiger partial charge in [-0.1, -0.05) is 0 Å². The summed E-state index contributed by atoms with van der Waals surface area (Å²) in [5.41, 5.74) is 0. The van der Waals surface area contributed by atoms with E-state index >= 15 is 0 Å². The van der Waals surface area contributed by atoms with Crippen LogP contribution in [0.4, 0.5) is 0 Å². The van der Waals surface area contributed by atoms with Gasteiger partial charge >= 0.3 is 0 Å². The normalized spacial score (nSPS) is 17.6. The number of aliphatic imine (C=N–C) groups is 2. The van der Waals surface area contributed by atoms with E-state index < -0.39 is 0 Å². The second-order valence-corrected chi connectivity index (χ2v) is 0.812. The average molecular weight is 68.1 g/mol. The van der Waals surface area contributed by atoms with Crippen LogP contribution in [0.2, 0.25) is 0 Å². The molecule has 0 bridgehead atoms. The van der Waals surface area contributed by atoms with Gasteiger partial charge in [-0.25, -0.2) is 4.99 Å². The molecule has 2 heteroatoms. The second kappa shape index (κ2) is 0.971. The number of hydrogen-bond acceptors (Lipinski definition) is 2. The lowest BCUT2D eigenvalue weighted by molar-refractivity contribution is 1.38. The predicted molar refractivity (Wildman–Crippen MR) is 21.9 cm³/mol. The van der Waals surface area contributed by atoms with Crippen molar-refractivity contribution in [3.8, 4) is 0 Å². The molecule has 2 nitrogen and oxygen atoms in total. The third-order valence-electron chi connectivity index (χ3n) is 0.441. The maximum atomic E-state index is 3.74. The van der Waals surface area contributed by atoms with E-state index in [1.807, 2.05) is 0 Å². The lowest BCUT2D eigenvalue weighted by atomic mass is 10.8. The highest BCUT2D eigenvalue weighted by Gasteiger charge is 1.73. The molecule has 0 aromatic carbocycles. The van der Waals surface area contributed by atoms with E-state index in [-0.39, 0.29) is 0 Å². The fraction of sp³-hybridized carbons (Fsp3) is 0.333. The number of rotatable bonds is 0. The van der Waals surface area contributed by atoms with Crippen molar-refractivity contribution in [1.82, 2.24) is 0 Å². The topological polar surface area (TPSA) is 24.7 Å². The Kier molecular flexibility index (Phi) is 0.499. The van der Waals surface area contributed by atoms with E-state index in [4.69, 9.17) is 0 Å². The van der Waals surface area contributed by atoms with Crippen molar-refractivity contribution in [2.45, 2.75) is 0 Å². The molecule has 0 radical (unpaired) electrons. The average Bonchev–Trinajstić information content (AvgIpc) is 1.76. The minimum atomic E-state index is 0.778. The molecule has 0 N–H and O–H groups in total. The molecule has 1 aliphatic heterocycles. The van der Waals surface area contributed by atoms with Crippen molar-refractivity contribution < 1.29 is 0 Å². The summed E-state index contributed by atoms with van der Waals surface area (Å²) in [6.07, 6.45) is 3.32. The Bertz CT molecular complexity index is 63.0. The summed E-state index contributed by atoms with van der Waals surface area (Å²) in [4.78, 5) is 7.40. The first kappa shape index (κ1) is 2.57. The minimum absolute atomic E-state index is 0.778. The molecule has 0 aliphatic carbocycles. The Morgan fingerprint density at radius 3 is 2.80 bits per heavy atom. The summed E-state index contributed by atoms with van der Waals surface area (Å²) in [6, 6.07) is 0. The Hall–Kier alpha value is -0.660. The molecule has 0 amide bonds. The number of hydrogen-bond donors (Lipinski definition) is 0. The highest BCUT2D eigenvalue weighted by molar-refractivity contribution is 5.79. The van der Waals surface area contributed by atoms with Crippen molar-refractivity contribution in [2.24, 2.45) is 9.98 Å². The SMILES string of the molecule is C1=NC=NC1. The first-order chi connectivity index (χ1) is 2.50. The third-order valence-corrected chi connectivity index (χ3v) is 0.441. The Balaban J connectivity index is 2.61. The summed E-state index contributed by atoms with van der Waals surface area (Å²) in [5.74, 6) is 0. The molecule has 0 fully saturated rings. The van der Waals surface area contributed by atoms with Gasteiger partial charge in [-0.05, 0) is 0 Å². The molecule has 0 spiro atoms. The van der Waals surface area contributed by atoms with Gasteiger partial charge in [-0.15, -0.1) is 0 Å². The van der Waals surface area contributed by atoms with Crippen molar-refractivity contribution in [2.75, 3.05) is 6.54 Å². The molecule has 1 rings (SSSR count). The molecule has 1 heterocycles. The van der Waals surface area contributed by atoms with Crippen LogP contribution in [-0.2, 0) is 0 Å². The molecule has 26 valence electrons. The highest BCUT2D eigenvalue weighted by atomic mass is 14.9. The summed E-state index contributed by atoms with van der Waals surface area (Å²) < 4.78 is 0. The van der Waals surface area contributed by atoms with Crippen molar-refractivity contribution >= 4 is 12.6 Å². The lowest BCUT2D eigenvalue weighted by Crippen LogP contribution is -1.65. The Morgan fingerprint density at radius 1 is 1.60 bits per heavy atom. The van der Waals surface area contributed by atoms with Crippen LogP contribution in [-0.4, -0.2) is 19.1 Å².